The number of para-hydroxylation sites is 1. The monoisotopic (exact) mass is 416 g/mol. The minimum absolute atomic E-state index is 0.0104. The fraction of sp³-hybridized carbons (Fsp3) is 0.280. The van der Waals surface area contributed by atoms with Crippen molar-refractivity contribution in [1.82, 2.24) is 9.47 Å². The van der Waals surface area contributed by atoms with Crippen molar-refractivity contribution in [2.45, 2.75) is 18.9 Å². The van der Waals surface area contributed by atoms with Gasteiger partial charge < -0.3 is 18.9 Å². The summed E-state index contributed by atoms with van der Waals surface area (Å²) in [4.78, 5) is 27.1. The molecule has 1 aromatic heterocycles. The van der Waals surface area contributed by atoms with Crippen molar-refractivity contribution in [3.63, 3.8) is 0 Å². The highest BCUT2D eigenvalue weighted by Gasteiger charge is 2.28. The van der Waals surface area contributed by atoms with Gasteiger partial charge in [0.25, 0.3) is 5.91 Å². The second-order valence-electron chi connectivity index (χ2n) is 7.87. The van der Waals surface area contributed by atoms with Crippen LogP contribution < -0.4 is 4.74 Å². The summed E-state index contributed by atoms with van der Waals surface area (Å²) in [5, 5.41) is 0. The Kier molecular flexibility index (Phi) is 5.30. The van der Waals surface area contributed by atoms with Gasteiger partial charge in [-0.1, -0.05) is 24.3 Å². The molecule has 1 amide bonds. The van der Waals surface area contributed by atoms with Crippen molar-refractivity contribution < 1.29 is 19.1 Å². The van der Waals surface area contributed by atoms with Crippen LogP contribution in [0.25, 0.3) is 5.69 Å². The molecule has 5 rings (SSSR count). The number of benzene rings is 2. The Hall–Kier alpha value is -3.38. The lowest BCUT2D eigenvalue weighted by Crippen LogP contribution is -2.47. The van der Waals surface area contributed by atoms with Gasteiger partial charge in [0, 0.05) is 36.5 Å². The molecule has 3 aromatic rings. The third-order valence-electron chi connectivity index (χ3n) is 5.90. The Morgan fingerprint density at radius 1 is 1.03 bits per heavy atom. The van der Waals surface area contributed by atoms with Gasteiger partial charge >= 0.3 is 0 Å². The zero-order valence-electron chi connectivity index (χ0n) is 17.2. The number of fused-ring (bicyclic) bond motifs is 1. The van der Waals surface area contributed by atoms with E-state index < -0.39 is 0 Å². The molecular formula is C25H24N2O4. The van der Waals surface area contributed by atoms with Gasteiger partial charge in [-0.25, -0.2) is 0 Å². The molecule has 1 aliphatic carbocycles. The molecular weight excluding hydrogens is 392 g/mol. The molecule has 0 saturated carbocycles. The first-order chi connectivity index (χ1) is 15.2. The Bertz CT molecular complexity index is 1110. The average molecular weight is 416 g/mol. The van der Waals surface area contributed by atoms with Crippen molar-refractivity contribution in [1.29, 1.82) is 0 Å². The number of hydrogen-bond acceptors (Lipinski definition) is 4. The molecule has 6 heteroatoms. The number of rotatable bonds is 5. The van der Waals surface area contributed by atoms with Crippen LogP contribution in [0.2, 0.25) is 0 Å². The number of hydrogen-bond donors (Lipinski definition) is 0. The first-order valence-corrected chi connectivity index (χ1v) is 10.6. The summed E-state index contributed by atoms with van der Waals surface area (Å²) in [5.74, 6) is 0.907. The smallest absolute Gasteiger partial charge is 0.256 e. The molecule has 0 radical (unpaired) electrons. The number of carbonyl (C=O) groups excluding carboxylic acids is 2. The van der Waals surface area contributed by atoms with Crippen LogP contribution in [0, 0.1) is 0 Å². The van der Waals surface area contributed by atoms with Crippen LogP contribution in [-0.2, 0) is 11.2 Å². The summed E-state index contributed by atoms with van der Waals surface area (Å²) >= 11 is 0. The van der Waals surface area contributed by atoms with E-state index in [-0.39, 0.29) is 17.8 Å². The number of nitrogens with zero attached hydrogens (tertiary/aromatic N) is 2. The van der Waals surface area contributed by atoms with Gasteiger partial charge in [-0.05, 0) is 36.8 Å². The van der Waals surface area contributed by atoms with Crippen LogP contribution in [0.4, 0.5) is 0 Å². The minimum Gasteiger partial charge on any atom is -0.491 e. The summed E-state index contributed by atoms with van der Waals surface area (Å²) in [6, 6.07) is 17.1. The topological polar surface area (TPSA) is 60.8 Å². The Balaban J connectivity index is 1.28. The van der Waals surface area contributed by atoms with Crippen LogP contribution in [0.15, 0.2) is 67.0 Å². The lowest BCUT2D eigenvalue weighted by Gasteiger charge is -2.33. The number of amides is 1. The van der Waals surface area contributed by atoms with Gasteiger partial charge in [-0.2, -0.15) is 0 Å². The van der Waals surface area contributed by atoms with Gasteiger partial charge in [0.1, 0.15) is 18.5 Å². The first-order valence-electron chi connectivity index (χ1n) is 10.6. The molecule has 1 fully saturated rings. The molecule has 0 bridgehead atoms. The molecule has 1 atom stereocenters. The van der Waals surface area contributed by atoms with E-state index in [4.69, 9.17) is 9.47 Å². The number of carbonyl (C=O) groups is 2. The number of aromatic nitrogens is 1. The Labute approximate surface area is 181 Å². The molecule has 1 saturated heterocycles. The number of ether oxygens (including phenoxy) is 2. The second kappa shape index (κ2) is 8.40. The van der Waals surface area contributed by atoms with Gasteiger partial charge in [0.05, 0.1) is 24.4 Å². The van der Waals surface area contributed by atoms with Crippen molar-refractivity contribution in [3.8, 4) is 11.4 Å². The number of Topliss-reactive ketones (excluding diaryl/α,β-unsaturated/α-hetero) is 1. The van der Waals surface area contributed by atoms with Gasteiger partial charge in [-0.15, -0.1) is 0 Å². The molecule has 1 unspecified atom stereocenters. The molecule has 158 valence electrons. The summed E-state index contributed by atoms with van der Waals surface area (Å²) in [6.45, 7) is 1.82. The van der Waals surface area contributed by atoms with Crippen molar-refractivity contribution in [2.24, 2.45) is 0 Å². The predicted molar refractivity (Wildman–Crippen MR) is 116 cm³/mol. The van der Waals surface area contributed by atoms with E-state index >= 15 is 0 Å². The van der Waals surface area contributed by atoms with E-state index in [0.717, 1.165) is 29.0 Å². The van der Waals surface area contributed by atoms with E-state index in [1.807, 2.05) is 76.5 Å². The van der Waals surface area contributed by atoms with Gasteiger partial charge in [0.2, 0.25) is 0 Å². The standard InChI is InChI=1S/C25H24N2O4/c28-23-11-10-20-19(23)7-5-9-24(20)31-17-18-16-27(14-15-30-18)25(29)21-6-1-2-8-22(21)26-12-3-4-13-26/h1-9,12-13,18H,10-11,14-17H2. The van der Waals surface area contributed by atoms with Crippen molar-refractivity contribution in [2.75, 3.05) is 26.3 Å². The van der Waals surface area contributed by atoms with Crippen molar-refractivity contribution in [3.05, 3.63) is 83.7 Å². The fourth-order valence-electron chi connectivity index (χ4n) is 4.33. The Morgan fingerprint density at radius 2 is 1.87 bits per heavy atom. The van der Waals surface area contributed by atoms with E-state index in [9.17, 15) is 9.59 Å². The quantitative estimate of drug-likeness (QED) is 0.639. The molecule has 1 aliphatic heterocycles. The zero-order valence-corrected chi connectivity index (χ0v) is 17.2. The predicted octanol–water partition coefficient (Wildman–Crippen LogP) is 3.53. The van der Waals surface area contributed by atoms with Crippen LogP contribution in [0.3, 0.4) is 0 Å². The molecule has 2 heterocycles. The maximum atomic E-state index is 13.3. The third-order valence-corrected chi connectivity index (χ3v) is 5.90. The first kappa shape index (κ1) is 19.6. The van der Waals surface area contributed by atoms with Crippen molar-refractivity contribution >= 4 is 11.7 Å². The van der Waals surface area contributed by atoms with Crippen LogP contribution in [0.5, 0.6) is 5.75 Å². The number of ketones is 1. The third kappa shape index (κ3) is 3.86. The van der Waals surface area contributed by atoms with Gasteiger partial charge in [0.15, 0.2) is 5.78 Å². The summed E-state index contributed by atoms with van der Waals surface area (Å²) in [7, 11) is 0. The highest BCUT2D eigenvalue weighted by Crippen LogP contribution is 2.30. The van der Waals surface area contributed by atoms with Crippen LogP contribution in [0.1, 0.15) is 32.7 Å². The minimum atomic E-state index is -0.218. The maximum Gasteiger partial charge on any atom is 0.256 e. The summed E-state index contributed by atoms with van der Waals surface area (Å²) < 4.78 is 13.9. The Morgan fingerprint density at radius 3 is 2.74 bits per heavy atom. The zero-order chi connectivity index (χ0) is 21.2. The van der Waals surface area contributed by atoms with Crippen LogP contribution in [-0.4, -0.2) is 53.6 Å². The SMILES string of the molecule is O=C1CCc2c(OCC3CN(C(=O)c4ccccc4-n4cccc4)CCO3)cccc21. The lowest BCUT2D eigenvalue weighted by atomic mass is 10.1. The van der Waals surface area contributed by atoms with E-state index in [2.05, 4.69) is 0 Å². The molecule has 31 heavy (non-hydrogen) atoms. The average Bonchev–Trinajstić information content (AvgIpc) is 3.48. The second-order valence-corrected chi connectivity index (χ2v) is 7.87. The van der Waals surface area contributed by atoms with Gasteiger partial charge in [-0.3, -0.25) is 9.59 Å². The largest absolute Gasteiger partial charge is 0.491 e. The van der Waals surface area contributed by atoms with E-state index in [0.29, 0.717) is 38.3 Å². The summed E-state index contributed by atoms with van der Waals surface area (Å²) in [5.41, 5.74) is 3.28. The van der Waals surface area contributed by atoms with Crippen LogP contribution >= 0.6 is 0 Å². The highest BCUT2D eigenvalue weighted by molar-refractivity contribution is 6.01. The summed E-state index contributed by atoms with van der Waals surface area (Å²) in [6.07, 6.45) is 4.91. The molecule has 2 aromatic carbocycles. The lowest BCUT2D eigenvalue weighted by molar-refractivity contribution is -0.0402. The van der Waals surface area contributed by atoms with E-state index in [1.54, 1.807) is 0 Å². The molecule has 0 N–H and O–H groups in total. The number of morpholine rings is 1. The molecule has 6 nitrogen and oxygen atoms in total. The maximum absolute atomic E-state index is 13.3. The molecule has 2 aliphatic rings. The van der Waals surface area contributed by atoms with E-state index in [1.165, 1.54) is 0 Å². The fourth-order valence-corrected chi connectivity index (χ4v) is 4.33. The molecule has 0 spiro atoms. The normalized spacial score (nSPS) is 18.1. The highest BCUT2D eigenvalue weighted by atomic mass is 16.5.